The van der Waals surface area contributed by atoms with Gasteiger partial charge in [0.15, 0.2) is 0 Å². The quantitative estimate of drug-likeness (QED) is 0.878. The van der Waals surface area contributed by atoms with Gasteiger partial charge in [0.05, 0.1) is 23.1 Å². The number of hydrogen-bond acceptors (Lipinski definition) is 4. The number of anilines is 1. The van der Waals surface area contributed by atoms with Crippen LogP contribution in [0.4, 0.5) is 5.69 Å². The van der Waals surface area contributed by atoms with Crippen LogP contribution in [0, 0.1) is 22.7 Å². The molecular formula is C13H11N5. The van der Waals surface area contributed by atoms with E-state index in [-0.39, 0.29) is 0 Å². The fraction of sp³-hybridized carbons (Fsp3) is 0.154. The van der Waals surface area contributed by atoms with E-state index >= 15 is 0 Å². The highest BCUT2D eigenvalue weighted by Gasteiger charge is 2.06. The highest BCUT2D eigenvalue weighted by Crippen LogP contribution is 2.19. The number of nitriles is 2. The molecular weight excluding hydrogens is 226 g/mol. The molecule has 0 unspecified atom stereocenters. The lowest BCUT2D eigenvalue weighted by molar-refractivity contribution is 0.727. The van der Waals surface area contributed by atoms with Crippen LogP contribution in [0.15, 0.2) is 36.9 Å². The maximum atomic E-state index is 9.01. The standard InChI is InChI=1S/C13H11N5/c14-8-11-2-1-3-12(9-15)13(11)17-5-7-18-6-4-16-10-18/h1-4,6,10,17H,5,7H2. The summed E-state index contributed by atoms with van der Waals surface area (Å²) < 4.78 is 1.92. The summed E-state index contributed by atoms with van der Waals surface area (Å²) in [5.41, 5.74) is 1.57. The van der Waals surface area contributed by atoms with E-state index in [0.717, 1.165) is 6.54 Å². The Kier molecular flexibility index (Phi) is 3.58. The molecule has 0 spiro atoms. The van der Waals surface area contributed by atoms with E-state index in [0.29, 0.717) is 23.4 Å². The number of para-hydroxylation sites is 1. The molecule has 1 N–H and O–H groups in total. The smallest absolute Gasteiger partial charge is 0.101 e. The van der Waals surface area contributed by atoms with Crippen molar-refractivity contribution in [1.29, 1.82) is 10.5 Å². The number of imidazole rings is 1. The molecule has 0 aliphatic carbocycles. The summed E-state index contributed by atoms with van der Waals surface area (Å²) in [6, 6.07) is 9.26. The van der Waals surface area contributed by atoms with Crippen molar-refractivity contribution in [3.63, 3.8) is 0 Å². The first-order chi connectivity index (χ1) is 8.85. The Morgan fingerprint density at radius 3 is 2.50 bits per heavy atom. The molecule has 88 valence electrons. The first kappa shape index (κ1) is 11.7. The number of rotatable bonds is 4. The Morgan fingerprint density at radius 2 is 1.94 bits per heavy atom. The van der Waals surface area contributed by atoms with Gasteiger partial charge in [-0.05, 0) is 12.1 Å². The van der Waals surface area contributed by atoms with Crippen molar-refractivity contribution in [3.8, 4) is 12.1 Å². The van der Waals surface area contributed by atoms with Gasteiger partial charge >= 0.3 is 0 Å². The Bertz CT molecular complexity index is 569. The van der Waals surface area contributed by atoms with Gasteiger partial charge in [0, 0.05) is 25.5 Å². The third kappa shape index (κ3) is 2.47. The third-order valence-electron chi connectivity index (χ3n) is 2.54. The zero-order valence-electron chi connectivity index (χ0n) is 9.67. The molecule has 0 saturated heterocycles. The van der Waals surface area contributed by atoms with Gasteiger partial charge in [0.1, 0.15) is 12.1 Å². The van der Waals surface area contributed by atoms with Crippen LogP contribution in [-0.4, -0.2) is 16.1 Å². The molecule has 0 amide bonds. The topological polar surface area (TPSA) is 77.4 Å². The lowest BCUT2D eigenvalue weighted by atomic mass is 10.1. The molecule has 1 aromatic heterocycles. The van der Waals surface area contributed by atoms with Crippen molar-refractivity contribution in [2.24, 2.45) is 0 Å². The van der Waals surface area contributed by atoms with Crippen LogP contribution >= 0.6 is 0 Å². The van der Waals surface area contributed by atoms with E-state index in [2.05, 4.69) is 22.4 Å². The van der Waals surface area contributed by atoms with E-state index in [1.54, 1.807) is 30.7 Å². The zero-order valence-corrected chi connectivity index (χ0v) is 9.67. The van der Waals surface area contributed by atoms with E-state index in [4.69, 9.17) is 10.5 Å². The molecule has 0 saturated carbocycles. The Hall–Kier alpha value is -2.79. The van der Waals surface area contributed by atoms with Gasteiger partial charge in [-0.25, -0.2) is 4.98 Å². The number of nitrogens with zero attached hydrogens (tertiary/aromatic N) is 4. The average molecular weight is 237 g/mol. The van der Waals surface area contributed by atoms with Gasteiger partial charge in [-0.1, -0.05) is 6.07 Å². The number of aromatic nitrogens is 2. The molecule has 0 atom stereocenters. The van der Waals surface area contributed by atoms with Crippen molar-refractivity contribution in [1.82, 2.24) is 9.55 Å². The Labute approximate surface area is 105 Å². The van der Waals surface area contributed by atoms with Gasteiger partial charge in [-0.2, -0.15) is 10.5 Å². The average Bonchev–Trinajstić information content (AvgIpc) is 2.92. The SMILES string of the molecule is N#Cc1cccc(C#N)c1NCCn1ccnc1. The summed E-state index contributed by atoms with van der Waals surface area (Å²) in [7, 11) is 0. The highest BCUT2D eigenvalue weighted by atomic mass is 15.0. The fourth-order valence-corrected chi connectivity index (χ4v) is 1.66. The second-order valence-corrected chi connectivity index (χ2v) is 3.68. The first-order valence-corrected chi connectivity index (χ1v) is 5.48. The number of benzene rings is 1. The molecule has 2 rings (SSSR count). The van der Waals surface area contributed by atoms with Crippen LogP contribution in [-0.2, 0) is 6.54 Å². The van der Waals surface area contributed by atoms with Crippen molar-refractivity contribution in [2.45, 2.75) is 6.54 Å². The molecule has 1 heterocycles. The molecule has 0 bridgehead atoms. The Morgan fingerprint density at radius 1 is 1.22 bits per heavy atom. The van der Waals surface area contributed by atoms with Gasteiger partial charge < -0.3 is 9.88 Å². The van der Waals surface area contributed by atoms with Crippen molar-refractivity contribution >= 4 is 5.69 Å². The third-order valence-corrected chi connectivity index (χ3v) is 2.54. The van der Waals surface area contributed by atoms with Crippen LogP contribution in [0.1, 0.15) is 11.1 Å². The summed E-state index contributed by atoms with van der Waals surface area (Å²) in [6.45, 7) is 1.36. The minimum Gasteiger partial charge on any atom is -0.381 e. The van der Waals surface area contributed by atoms with Crippen LogP contribution < -0.4 is 5.32 Å². The first-order valence-electron chi connectivity index (χ1n) is 5.48. The molecule has 1 aromatic carbocycles. The van der Waals surface area contributed by atoms with Crippen molar-refractivity contribution < 1.29 is 0 Å². The predicted molar refractivity (Wildman–Crippen MR) is 66.6 cm³/mol. The summed E-state index contributed by atoms with van der Waals surface area (Å²) in [4.78, 5) is 3.95. The van der Waals surface area contributed by atoms with Gasteiger partial charge in [0.25, 0.3) is 0 Å². The maximum Gasteiger partial charge on any atom is 0.101 e. The molecule has 0 aliphatic rings. The minimum absolute atomic E-state index is 0.486. The van der Waals surface area contributed by atoms with Crippen LogP contribution in [0.2, 0.25) is 0 Å². The summed E-state index contributed by atoms with van der Waals surface area (Å²) in [5, 5.41) is 21.1. The van der Waals surface area contributed by atoms with E-state index < -0.39 is 0 Å². The largest absolute Gasteiger partial charge is 0.381 e. The van der Waals surface area contributed by atoms with Crippen LogP contribution in [0.5, 0.6) is 0 Å². The van der Waals surface area contributed by atoms with Gasteiger partial charge in [-0.15, -0.1) is 0 Å². The second kappa shape index (κ2) is 5.51. The Balaban J connectivity index is 2.09. The minimum atomic E-state index is 0.486. The predicted octanol–water partition coefficient (Wildman–Crippen LogP) is 1.74. The summed E-state index contributed by atoms with van der Waals surface area (Å²) in [6.07, 6.45) is 5.30. The monoisotopic (exact) mass is 237 g/mol. The van der Waals surface area contributed by atoms with Gasteiger partial charge in [0.2, 0.25) is 0 Å². The van der Waals surface area contributed by atoms with Crippen LogP contribution in [0.25, 0.3) is 0 Å². The lowest BCUT2D eigenvalue weighted by Gasteiger charge is -2.10. The molecule has 5 heteroatoms. The number of hydrogen-bond donors (Lipinski definition) is 1. The van der Waals surface area contributed by atoms with E-state index in [9.17, 15) is 0 Å². The molecule has 0 aliphatic heterocycles. The molecule has 2 aromatic rings. The van der Waals surface area contributed by atoms with E-state index in [1.807, 2.05) is 10.8 Å². The van der Waals surface area contributed by atoms with Crippen LogP contribution in [0.3, 0.4) is 0 Å². The molecule has 18 heavy (non-hydrogen) atoms. The second-order valence-electron chi connectivity index (χ2n) is 3.68. The number of nitrogens with one attached hydrogen (secondary N) is 1. The van der Waals surface area contributed by atoms with Crippen molar-refractivity contribution in [3.05, 3.63) is 48.0 Å². The molecule has 5 nitrogen and oxygen atoms in total. The molecule has 0 radical (unpaired) electrons. The lowest BCUT2D eigenvalue weighted by Crippen LogP contribution is -2.11. The normalized spacial score (nSPS) is 9.44. The van der Waals surface area contributed by atoms with Crippen molar-refractivity contribution in [2.75, 3.05) is 11.9 Å². The molecule has 0 fully saturated rings. The summed E-state index contributed by atoms with van der Waals surface area (Å²) >= 11 is 0. The highest BCUT2D eigenvalue weighted by molar-refractivity contribution is 5.66. The van der Waals surface area contributed by atoms with E-state index in [1.165, 1.54) is 0 Å². The fourth-order valence-electron chi connectivity index (χ4n) is 1.66. The zero-order chi connectivity index (χ0) is 12.8. The van der Waals surface area contributed by atoms with Gasteiger partial charge in [-0.3, -0.25) is 0 Å². The summed E-state index contributed by atoms with van der Waals surface area (Å²) in [5.74, 6) is 0. The maximum absolute atomic E-state index is 9.01.